The molecule has 6 heteroatoms. The fourth-order valence-electron chi connectivity index (χ4n) is 3.55. The van der Waals surface area contributed by atoms with Crippen LogP contribution in [0.3, 0.4) is 0 Å². The zero-order valence-corrected chi connectivity index (χ0v) is 16.0. The quantitative estimate of drug-likeness (QED) is 0.531. The van der Waals surface area contributed by atoms with E-state index >= 15 is 0 Å². The van der Waals surface area contributed by atoms with Gasteiger partial charge in [-0.25, -0.2) is 0 Å². The van der Waals surface area contributed by atoms with Gasteiger partial charge in [-0.2, -0.15) is 13.2 Å². The molecule has 1 aliphatic rings. The average molecular weight is 383 g/mol. The molecule has 1 aliphatic carbocycles. The van der Waals surface area contributed by atoms with Crippen LogP contribution in [0.2, 0.25) is 0 Å². The third-order valence-corrected chi connectivity index (χ3v) is 4.93. The van der Waals surface area contributed by atoms with Gasteiger partial charge in [-0.3, -0.25) is 9.79 Å². The van der Waals surface area contributed by atoms with E-state index in [0.29, 0.717) is 13.0 Å². The SMILES string of the molecule is CCCC(N=C1CCCCC1CC(=O)OCC)c1ccc(C(F)(F)F)cc1. The summed E-state index contributed by atoms with van der Waals surface area (Å²) in [7, 11) is 0. The highest BCUT2D eigenvalue weighted by Crippen LogP contribution is 2.33. The first-order valence-corrected chi connectivity index (χ1v) is 9.74. The molecular formula is C21H28F3NO2. The molecule has 0 amide bonds. The summed E-state index contributed by atoms with van der Waals surface area (Å²) >= 11 is 0. The molecule has 1 aromatic carbocycles. The molecule has 0 aliphatic heterocycles. The Morgan fingerprint density at radius 3 is 2.52 bits per heavy atom. The van der Waals surface area contributed by atoms with Crippen molar-refractivity contribution in [3.8, 4) is 0 Å². The molecule has 2 unspecified atom stereocenters. The molecule has 0 N–H and O–H groups in total. The van der Waals surface area contributed by atoms with Crippen LogP contribution in [0.4, 0.5) is 13.2 Å². The number of rotatable bonds is 7. The predicted octanol–water partition coefficient (Wildman–Crippen LogP) is 6.13. The number of carbonyl (C=O) groups is 1. The molecule has 0 heterocycles. The number of alkyl halides is 3. The fraction of sp³-hybridized carbons (Fsp3) is 0.619. The molecule has 27 heavy (non-hydrogen) atoms. The molecule has 0 bridgehead atoms. The predicted molar refractivity (Wildman–Crippen MR) is 99.7 cm³/mol. The van der Waals surface area contributed by atoms with Gasteiger partial charge in [0.05, 0.1) is 24.6 Å². The van der Waals surface area contributed by atoms with Gasteiger partial charge in [-0.15, -0.1) is 0 Å². The van der Waals surface area contributed by atoms with E-state index < -0.39 is 11.7 Å². The minimum Gasteiger partial charge on any atom is -0.466 e. The van der Waals surface area contributed by atoms with Gasteiger partial charge in [0.1, 0.15) is 0 Å². The Bertz CT molecular complexity index is 638. The molecular weight excluding hydrogens is 355 g/mol. The van der Waals surface area contributed by atoms with Crippen LogP contribution in [0.1, 0.15) is 76.0 Å². The van der Waals surface area contributed by atoms with E-state index in [-0.39, 0.29) is 17.9 Å². The van der Waals surface area contributed by atoms with Gasteiger partial charge in [0.15, 0.2) is 0 Å². The lowest BCUT2D eigenvalue weighted by Gasteiger charge is -2.26. The van der Waals surface area contributed by atoms with E-state index in [1.54, 1.807) is 6.92 Å². The molecule has 3 nitrogen and oxygen atoms in total. The molecule has 150 valence electrons. The van der Waals surface area contributed by atoms with Crippen LogP contribution in [-0.4, -0.2) is 18.3 Å². The maximum absolute atomic E-state index is 12.8. The van der Waals surface area contributed by atoms with E-state index in [9.17, 15) is 18.0 Å². The first-order valence-electron chi connectivity index (χ1n) is 9.74. The highest BCUT2D eigenvalue weighted by molar-refractivity contribution is 5.90. The highest BCUT2D eigenvalue weighted by Gasteiger charge is 2.30. The van der Waals surface area contributed by atoms with Gasteiger partial charge in [0, 0.05) is 11.6 Å². The third kappa shape index (κ3) is 6.36. The summed E-state index contributed by atoms with van der Waals surface area (Å²) in [6.07, 6.45) is 1.48. The Kier molecular flexibility index (Phi) is 7.87. The summed E-state index contributed by atoms with van der Waals surface area (Å²) < 4.78 is 43.5. The number of benzene rings is 1. The van der Waals surface area contributed by atoms with Crippen molar-refractivity contribution in [1.82, 2.24) is 0 Å². The van der Waals surface area contributed by atoms with E-state index in [1.165, 1.54) is 12.1 Å². The van der Waals surface area contributed by atoms with Gasteiger partial charge in [-0.05, 0) is 50.3 Å². The summed E-state index contributed by atoms with van der Waals surface area (Å²) in [6, 6.07) is 5.12. The minimum absolute atomic E-state index is 0.0756. The molecule has 2 atom stereocenters. The Morgan fingerprint density at radius 2 is 1.93 bits per heavy atom. The van der Waals surface area contributed by atoms with Crippen molar-refractivity contribution >= 4 is 11.7 Å². The number of carbonyl (C=O) groups excluding carboxylic acids is 1. The zero-order valence-electron chi connectivity index (χ0n) is 16.0. The standard InChI is InChI=1S/C21H28F3NO2/c1-3-7-18(15-10-12-17(13-11-15)21(22,23)24)25-19-9-6-5-8-16(19)14-20(26)27-4-2/h10-13,16,18H,3-9,14H2,1-2H3. The maximum Gasteiger partial charge on any atom is 0.416 e. The molecule has 0 aromatic heterocycles. The molecule has 0 radical (unpaired) electrons. The number of ether oxygens (including phenoxy) is 1. The van der Waals surface area contributed by atoms with Crippen LogP contribution in [0.25, 0.3) is 0 Å². The fourth-order valence-corrected chi connectivity index (χ4v) is 3.55. The van der Waals surface area contributed by atoms with Gasteiger partial charge in [-0.1, -0.05) is 31.9 Å². The van der Waals surface area contributed by atoms with E-state index in [2.05, 4.69) is 0 Å². The first kappa shape index (κ1) is 21.5. The molecule has 1 fully saturated rings. The van der Waals surface area contributed by atoms with Gasteiger partial charge < -0.3 is 4.74 Å². The lowest BCUT2D eigenvalue weighted by atomic mass is 9.84. The maximum atomic E-state index is 12.8. The smallest absolute Gasteiger partial charge is 0.416 e. The number of esters is 1. The van der Waals surface area contributed by atoms with Crippen molar-refractivity contribution in [3.63, 3.8) is 0 Å². The van der Waals surface area contributed by atoms with Crippen LogP contribution in [0.5, 0.6) is 0 Å². The van der Waals surface area contributed by atoms with Crippen LogP contribution >= 0.6 is 0 Å². The van der Waals surface area contributed by atoms with Crippen LogP contribution in [0.15, 0.2) is 29.3 Å². The first-order chi connectivity index (χ1) is 12.8. The summed E-state index contributed by atoms with van der Waals surface area (Å²) in [6.45, 7) is 4.19. The van der Waals surface area contributed by atoms with Crippen LogP contribution < -0.4 is 0 Å². The monoisotopic (exact) mass is 383 g/mol. The number of hydrogen-bond acceptors (Lipinski definition) is 3. The van der Waals surface area contributed by atoms with E-state index in [0.717, 1.165) is 61.9 Å². The zero-order chi connectivity index (χ0) is 19.9. The van der Waals surface area contributed by atoms with Crippen molar-refractivity contribution < 1.29 is 22.7 Å². The Balaban J connectivity index is 2.21. The largest absolute Gasteiger partial charge is 0.466 e. The lowest BCUT2D eigenvalue weighted by molar-refractivity contribution is -0.143. The van der Waals surface area contributed by atoms with Crippen molar-refractivity contribution in [2.24, 2.45) is 10.9 Å². The molecule has 1 aromatic rings. The summed E-state index contributed by atoms with van der Waals surface area (Å²) in [5.74, 6) is -0.134. The third-order valence-electron chi connectivity index (χ3n) is 4.93. The second-order valence-corrected chi connectivity index (χ2v) is 7.00. The average Bonchev–Trinajstić information content (AvgIpc) is 2.62. The van der Waals surface area contributed by atoms with Crippen molar-refractivity contribution in [2.75, 3.05) is 6.61 Å². The van der Waals surface area contributed by atoms with Crippen LogP contribution in [-0.2, 0) is 15.7 Å². The normalized spacial score (nSPS) is 20.5. The minimum atomic E-state index is -4.33. The second-order valence-electron chi connectivity index (χ2n) is 7.00. The van der Waals surface area contributed by atoms with E-state index in [4.69, 9.17) is 9.73 Å². The van der Waals surface area contributed by atoms with Crippen molar-refractivity contribution in [1.29, 1.82) is 0 Å². The Morgan fingerprint density at radius 1 is 1.22 bits per heavy atom. The van der Waals surface area contributed by atoms with Crippen LogP contribution in [0, 0.1) is 5.92 Å². The van der Waals surface area contributed by atoms with Crippen molar-refractivity contribution in [3.05, 3.63) is 35.4 Å². The summed E-state index contributed by atoms with van der Waals surface area (Å²) in [5.41, 5.74) is 1.15. The van der Waals surface area contributed by atoms with Gasteiger partial charge >= 0.3 is 12.1 Å². The number of hydrogen-bond donors (Lipinski definition) is 0. The topological polar surface area (TPSA) is 38.7 Å². The lowest BCUT2D eigenvalue weighted by Crippen LogP contribution is -2.24. The number of halogens is 3. The molecule has 2 rings (SSSR count). The van der Waals surface area contributed by atoms with Gasteiger partial charge in [0.2, 0.25) is 0 Å². The van der Waals surface area contributed by atoms with E-state index in [1.807, 2.05) is 6.92 Å². The summed E-state index contributed by atoms with van der Waals surface area (Å²) in [4.78, 5) is 16.8. The molecule has 0 spiro atoms. The number of aliphatic imine (C=N–C) groups is 1. The Labute approximate surface area is 159 Å². The molecule has 1 saturated carbocycles. The molecule has 0 saturated heterocycles. The number of nitrogens with zero attached hydrogens (tertiary/aromatic N) is 1. The summed E-state index contributed by atoms with van der Waals surface area (Å²) in [5, 5.41) is 0. The highest BCUT2D eigenvalue weighted by atomic mass is 19.4. The second kappa shape index (κ2) is 9.90. The Hall–Kier alpha value is -1.85. The van der Waals surface area contributed by atoms with Gasteiger partial charge in [0.25, 0.3) is 0 Å². The van der Waals surface area contributed by atoms with Crippen molar-refractivity contribution in [2.45, 2.75) is 71.0 Å².